The molecule has 11 nitrogen and oxygen atoms in total. The Bertz CT molecular complexity index is 1320. The number of carboxylic acid groups (broad SMARTS) is 1. The van der Waals surface area contributed by atoms with Gasteiger partial charge in [-0.1, -0.05) is 0 Å². The Hall–Kier alpha value is -3.64. The summed E-state index contributed by atoms with van der Waals surface area (Å²) < 4.78 is 29.1. The molecule has 2 heterocycles. The van der Waals surface area contributed by atoms with Gasteiger partial charge in [0, 0.05) is 37.9 Å². The largest absolute Gasteiger partial charge is 0.481 e. The summed E-state index contributed by atoms with van der Waals surface area (Å²) in [5.74, 6) is -0.483. The van der Waals surface area contributed by atoms with E-state index in [4.69, 9.17) is 5.11 Å². The summed E-state index contributed by atoms with van der Waals surface area (Å²) in [7, 11) is -4.08. The Balaban J connectivity index is 1.54. The van der Waals surface area contributed by atoms with E-state index in [2.05, 4.69) is 25.6 Å². The number of hydrogen-bond donors (Lipinski definition) is 5. The highest BCUT2D eigenvalue weighted by Crippen LogP contribution is 2.34. The lowest BCUT2D eigenvalue weighted by atomic mass is 9.79. The molecule has 216 valence electrons. The zero-order valence-electron chi connectivity index (χ0n) is 22.6. The number of sulfonamides is 1. The van der Waals surface area contributed by atoms with Gasteiger partial charge in [-0.25, -0.2) is 8.42 Å². The number of aliphatic carboxylic acids is 1. The van der Waals surface area contributed by atoms with Crippen molar-refractivity contribution in [2.75, 3.05) is 47.7 Å². The third-order valence-corrected chi connectivity index (χ3v) is 8.94. The topological polar surface area (TPSA) is 157 Å². The van der Waals surface area contributed by atoms with Crippen molar-refractivity contribution >= 4 is 44.9 Å². The number of carbonyl (C=O) groups is 3. The molecule has 5 N–H and O–H groups in total. The molecule has 0 atom stereocenters. The fourth-order valence-corrected chi connectivity index (χ4v) is 6.53. The van der Waals surface area contributed by atoms with Gasteiger partial charge in [0.1, 0.15) is 0 Å². The summed E-state index contributed by atoms with van der Waals surface area (Å²) in [5.41, 5.74) is 1.47. The normalized spacial score (nSPS) is 16.8. The van der Waals surface area contributed by atoms with Crippen LogP contribution in [0.1, 0.15) is 49.4 Å². The second kappa shape index (κ2) is 13.1. The lowest BCUT2D eigenvalue weighted by Gasteiger charge is -2.39. The van der Waals surface area contributed by atoms with Crippen LogP contribution in [0, 0.1) is 11.8 Å². The minimum absolute atomic E-state index is 0.0352. The van der Waals surface area contributed by atoms with Crippen LogP contribution >= 0.6 is 0 Å². The molecule has 2 aromatic carbocycles. The van der Waals surface area contributed by atoms with Gasteiger partial charge in [0.15, 0.2) is 0 Å². The van der Waals surface area contributed by atoms with Gasteiger partial charge in [0.25, 0.3) is 15.9 Å². The first-order valence-corrected chi connectivity index (χ1v) is 15.1. The second-order valence-corrected chi connectivity index (χ2v) is 12.0. The summed E-state index contributed by atoms with van der Waals surface area (Å²) >= 11 is 0. The van der Waals surface area contributed by atoms with E-state index in [1.807, 2.05) is 0 Å². The van der Waals surface area contributed by atoms with Crippen molar-refractivity contribution in [1.82, 2.24) is 10.6 Å². The number of anilines is 3. The van der Waals surface area contributed by atoms with Crippen LogP contribution in [-0.4, -0.2) is 64.0 Å². The van der Waals surface area contributed by atoms with Crippen LogP contribution in [0.2, 0.25) is 0 Å². The lowest BCUT2D eigenvalue weighted by Crippen LogP contribution is -2.39. The first-order valence-electron chi connectivity index (χ1n) is 13.6. The lowest BCUT2D eigenvalue weighted by molar-refractivity contribution is -0.136. The zero-order chi connectivity index (χ0) is 28.7. The van der Waals surface area contributed by atoms with Crippen LogP contribution in [-0.2, 0) is 19.6 Å². The van der Waals surface area contributed by atoms with Gasteiger partial charge < -0.3 is 26.0 Å². The highest BCUT2D eigenvalue weighted by atomic mass is 32.2. The molecule has 0 spiro atoms. The fraction of sp³-hybridized carbons (Fsp3) is 0.464. The van der Waals surface area contributed by atoms with Gasteiger partial charge in [-0.05, 0) is 93.1 Å². The molecule has 40 heavy (non-hydrogen) atoms. The molecule has 2 aromatic rings. The summed E-state index contributed by atoms with van der Waals surface area (Å²) in [6.07, 6.45) is 4.27. The van der Waals surface area contributed by atoms with E-state index in [0.717, 1.165) is 50.6 Å². The van der Waals surface area contributed by atoms with Crippen LogP contribution in [0.3, 0.4) is 0 Å². The van der Waals surface area contributed by atoms with Crippen molar-refractivity contribution < 1.29 is 27.9 Å². The van der Waals surface area contributed by atoms with Gasteiger partial charge in [-0.2, -0.15) is 0 Å². The van der Waals surface area contributed by atoms with E-state index in [0.29, 0.717) is 11.6 Å². The molecule has 2 aliphatic heterocycles. The predicted molar refractivity (Wildman–Crippen MR) is 153 cm³/mol. The molecule has 0 aliphatic carbocycles. The molecular weight excluding hydrogens is 534 g/mol. The molecule has 2 fully saturated rings. The van der Waals surface area contributed by atoms with Crippen molar-refractivity contribution in [3.05, 3.63) is 48.0 Å². The Morgan fingerprint density at radius 2 is 1.62 bits per heavy atom. The smallest absolute Gasteiger partial charge is 0.305 e. The number of benzene rings is 2. The van der Waals surface area contributed by atoms with Crippen molar-refractivity contribution in [2.24, 2.45) is 11.8 Å². The number of nitrogens with zero attached hydrogens (tertiary/aromatic N) is 1. The Labute approximate surface area is 234 Å². The van der Waals surface area contributed by atoms with Crippen molar-refractivity contribution in [3.63, 3.8) is 0 Å². The Kier molecular flexibility index (Phi) is 9.64. The van der Waals surface area contributed by atoms with Gasteiger partial charge in [0.2, 0.25) is 5.91 Å². The minimum atomic E-state index is -4.08. The van der Waals surface area contributed by atoms with Crippen molar-refractivity contribution in [1.29, 1.82) is 0 Å². The molecule has 0 radical (unpaired) electrons. The molecule has 0 aromatic heterocycles. The molecule has 2 amide bonds. The molecule has 2 saturated heterocycles. The van der Waals surface area contributed by atoms with Gasteiger partial charge in [-0.3, -0.25) is 19.1 Å². The summed E-state index contributed by atoms with van der Waals surface area (Å²) in [6, 6.07) is 10.8. The van der Waals surface area contributed by atoms with E-state index < -0.39 is 21.9 Å². The molecule has 4 rings (SSSR count). The maximum absolute atomic E-state index is 13.3. The second-order valence-electron chi connectivity index (χ2n) is 10.4. The van der Waals surface area contributed by atoms with Crippen LogP contribution in [0.25, 0.3) is 0 Å². The SMILES string of the molecule is CC(=O)Nc1ccc(S(=O)(=O)Nc2cc(N3CCC(C4CCNCC4)CC3)ccc2C(=O)NCCC(=O)O)cc1. The third-order valence-electron chi connectivity index (χ3n) is 7.56. The third kappa shape index (κ3) is 7.72. The van der Waals surface area contributed by atoms with E-state index in [9.17, 15) is 22.8 Å². The number of amides is 2. The predicted octanol–water partition coefficient (Wildman–Crippen LogP) is 2.87. The fourth-order valence-electron chi connectivity index (χ4n) is 5.46. The molecule has 0 bridgehead atoms. The maximum atomic E-state index is 13.3. The number of rotatable bonds is 10. The first-order chi connectivity index (χ1) is 19.1. The first kappa shape index (κ1) is 29.3. The van der Waals surface area contributed by atoms with E-state index in [1.54, 1.807) is 18.2 Å². The monoisotopic (exact) mass is 571 g/mol. The van der Waals surface area contributed by atoms with E-state index in [-0.39, 0.29) is 35.0 Å². The van der Waals surface area contributed by atoms with Gasteiger partial charge in [-0.15, -0.1) is 0 Å². The summed E-state index contributed by atoms with van der Waals surface area (Å²) in [4.78, 5) is 37.3. The highest BCUT2D eigenvalue weighted by Gasteiger charge is 2.28. The van der Waals surface area contributed by atoms with Crippen LogP contribution in [0.5, 0.6) is 0 Å². The van der Waals surface area contributed by atoms with Crippen molar-refractivity contribution in [3.8, 4) is 0 Å². The molecule has 2 aliphatic rings. The quantitative estimate of drug-likeness (QED) is 0.291. The average Bonchev–Trinajstić information content (AvgIpc) is 2.93. The van der Waals surface area contributed by atoms with Crippen molar-refractivity contribution in [2.45, 2.75) is 43.9 Å². The number of nitrogens with one attached hydrogen (secondary N) is 4. The molecule has 0 unspecified atom stereocenters. The summed E-state index contributed by atoms with van der Waals surface area (Å²) in [5, 5.41) is 17.5. The van der Waals surface area contributed by atoms with Crippen LogP contribution < -0.4 is 25.6 Å². The summed E-state index contributed by atoms with van der Waals surface area (Å²) in [6.45, 7) is 5.10. The molecule has 0 saturated carbocycles. The average molecular weight is 572 g/mol. The van der Waals surface area contributed by atoms with Gasteiger partial charge >= 0.3 is 5.97 Å². The van der Waals surface area contributed by atoms with E-state index >= 15 is 0 Å². The molecule has 12 heteroatoms. The number of piperidine rings is 2. The Morgan fingerprint density at radius 1 is 0.975 bits per heavy atom. The number of carboxylic acids is 1. The standard InChI is InChI=1S/C28H37N5O6S/c1-19(34)31-22-2-5-24(6-3-22)40(38,39)32-26-18-23(4-7-25(26)28(37)30-15-10-27(35)36)33-16-11-21(12-17-33)20-8-13-29-14-9-20/h2-7,18,20-21,29,32H,8-17H2,1H3,(H,30,37)(H,31,34)(H,35,36). The van der Waals surface area contributed by atoms with Crippen LogP contribution in [0.4, 0.5) is 17.1 Å². The number of hydrogen-bond acceptors (Lipinski definition) is 7. The van der Waals surface area contributed by atoms with E-state index in [1.165, 1.54) is 44.0 Å². The maximum Gasteiger partial charge on any atom is 0.305 e. The van der Waals surface area contributed by atoms with Gasteiger partial charge in [0.05, 0.1) is 22.6 Å². The Morgan fingerprint density at radius 3 is 2.25 bits per heavy atom. The highest BCUT2D eigenvalue weighted by molar-refractivity contribution is 7.92. The zero-order valence-corrected chi connectivity index (χ0v) is 23.4. The number of carbonyl (C=O) groups excluding carboxylic acids is 2. The van der Waals surface area contributed by atoms with Crippen LogP contribution in [0.15, 0.2) is 47.4 Å². The molecular formula is C28H37N5O6S. The minimum Gasteiger partial charge on any atom is -0.481 e.